The largest absolute Gasteiger partial charge is 0.444 e. The van der Waals surface area contributed by atoms with E-state index < -0.39 is 29.7 Å². The zero-order chi connectivity index (χ0) is 27.5. The molecule has 0 bridgehead atoms. The first-order valence-electron chi connectivity index (χ1n) is 12.8. The van der Waals surface area contributed by atoms with E-state index in [1.807, 2.05) is 52.0 Å². The highest BCUT2D eigenvalue weighted by atomic mass is 16.6. The first-order valence-corrected chi connectivity index (χ1v) is 12.8. The third kappa shape index (κ3) is 9.88. The Bertz CT molecular complexity index is 930. The van der Waals surface area contributed by atoms with Crippen LogP contribution in [-0.4, -0.2) is 47.5 Å². The van der Waals surface area contributed by atoms with E-state index in [0.29, 0.717) is 18.5 Å². The zero-order valence-corrected chi connectivity index (χ0v) is 23.2. The van der Waals surface area contributed by atoms with Gasteiger partial charge in [0.25, 0.3) is 0 Å². The summed E-state index contributed by atoms with van der Waals surface area (Å²) in [6.07, 6.45) is 2.43. The van der Waals surface area contributed by atoms with Crippen molar-refractivity contribution in [2.24, 2.45) is 5.92 Å². The summed E-state index contributed by atoms with van der Waals surface area (Å²) in [7, 11) is 0. The zero-order valence-electron chi connectivity index (χ0n) is 23.2. The quantitative estimate of drug-likeness (QED) is 0.312. The van der Waals surface area contributed by atoms with Crippen LogP contribution in [0.3, 0.4) is 0 Å². The van der Waals surface area contributed by atoms with Gasteiger partial charge in [-0.3, -0.25) is 9.59 Å². The van der Waals surface area contributed by atoms with Gasteiger partial charge in [0.2, 0.25) is 11.8 Å². The number of nitrogens with zero attached hydrogens (tertiary/aromatic N) is 2. The number of carbonyl (C=O) groups is 3. The fourth-order valence-corrected chi connectivity index (χ4v) is 3.92. The molecule has 0 spiro atoms. The molecule has 8 heteroatoms. The van der Waals surface area contributed by atoms with E-state index in [2.05, 4.69) is 17.6 Å². The molecule has 2 unspecified atom stereocenters. The Morgan fingerprint density at radius 1 is 1.14 bits per heavy atom. The minimum absolute atomic E-state index is 0.0693. The van der Waals surface area contributed by atoms with Crippen LogP contribution in [-0.2, 0) is 14.3 Å². The molecule has 0 radical (unpaired) electrons. The normalized spacial score (nSPS) is 12.9. The van der Waals surface area contributed by atoms with E-state index in [9.17, 15) is 19.6 Å². The van der Waals surface area contributed by atoms with Gasteiger partial charge in [0.1, 0.15) is 24.2 Å². The first kappa shape index (κ1) is 31.0. The Labute approximate surface area is 216 Å². The summed E-state index contributed by atoms with van der Waals surface area (Å²) in [5.74, 6) is -0.769. The molecule has 36 heavy (non-hydrogen) atoms. The highest BCUT2D eigenvalue weighted by Gasteiger charge is 2.37. The maximum atomic E-state index is 13.9. The number of aryl methyl sites for hydroxylation is 1. The third-order valence-electron chi connectivity index (χ3n) is 5.80. The van der Waals surface area contributed by atoms with Crippen molar-refractivity contribution >= 4 is 17.9 Å². The van der Waals surface area contributed by atoms with E-state index in [4.69, 9.17) is 4.74 Å². The van der Waals surface area contributed by atoms with Gasteiger partial charge in [0.05, 0.1) is 6.07 Å². The van der Waals surface area contributed by atoms with Crippen LogP contribution in [0, 0.1) is 31.1 Å². The van der Waals surface area contributed by atoms with Gasteiger partial charge in [-0.1, -0.05) is 51.8 Å². The molecule has 0 saturated heterocycles. The molecule has 1 rings (SSSR count). The molecule has 3 amide bonds. The lowest BCUT2D eigenvalue weighted by atomic mass is 9.94. The number of hydrogen-bond acceptors (Lipinski definition) is 5. The van der Waals surface area contributed by atoms with Crippen LogP contribution in [0.25, 0.3) is 0 Å². The number of ether oxygens (including phenoxy) is 1. The predicted octanol–water partition coefficient (Wildman–Crippen LogP) is 4.94. The number of unbranched alkanes of at least 4 members (excludes halogenated alkanes) is 2. The topological polar surface area (TPSA) is 112 Å². The summed E-state index contributed by atoms with van der Waals surface area (Å²) < 4.78 is 5.38. The lowest BCUT2D eigenvalue weighted by Gasteiger charge is -2.34. The Balaban J connectivity index is 3.45. The van der Waals surface area contributed by atoms with Crippen LogP contribution in [0.15, 0.2) is 18.2 Å². The van der Waals surface area contributed by atoms with E-state index in [1.165, 1.54) is 4.90 Å². The van der Waals surface area contributed by atoms with E-state index >= 15 is 0 Å². The fraction of sp³-hybridized carbons (Fsp3) is 0.643. The van der Waals surface area contributed by atoms with Gasteiger partial charge in [-0.15, -0.1) is 0 Å². The number of benzene rings is 1. The number of carbonyl (C=O) groups excluding carboxylic acids is 3. The molecule has 0 saturated carbocycles. The summed E-state index contributed by atoms with van der Waals surface area (Å²) in [4.78, 5) is 41.2. The lowest BCUT2D eigenvalue weighted by Crippen LogP contribution is -2.53. The maximum absolute atomic E-state index is 13.9. The molecular formula is C28H44N4O4. The van der Waals surface area contributed by atoms with Crippen molar-refractivity contribution in [3.05, 3.63) is 34.9 Å². The Morgan fingerprint density at radius 2 is 1.81 bits per heavy atom. The van der Waals surface area contributed by atoms with Gasteiger partial charge in [-0.25, -0.2) is 4.79 Å². The molecule has 1 aromatic rings. The standard InChI is InChI=1S/C28H44N4O4/c1-9-10-11-16-30-25(33)24(22-14-12-13-20(4)21(22)5)32(17-15-29)26(34)23(18-19(2)3)31-27(35)36-28(6,7)8/h12-14,19,23-24H,9-11,16-18H2,1-8H3,(H,30,33)(H,31,35). The summed E-state index contributed by atoms with van der Waals surface area (Å²) in [5, 5.41) is 15.3. The minimum Gasteiger partial charge on any atom is -0.444 e. The Morgan fingerprint density at radius 3 is 2.36 bits per heavy atom. The molecule has 8 nitrogen and oxygen atoms in total. The van der Waals surface area contributed by atoms with E-state index in [1.54, 1.807) is 20.8 Å². The van der Waals surface area contributed by atoms with Crippen LogP contribution < -0.4 is 10.6 Å². The fourth-order valence-electron chi connectivity index (χ4n) is 3.92. The van der Waals surface area contributed by atoms with Crippen LogP contribution in [0.1, 0.15) is 90.0 Å². The number of amides is 3. The molecule has 0 aliphatic heterocycles. The lowest BCUT2D eigenvalue weighted by molar-refractivity contribution is -0.142. The number of nitrogens with one attached hydrogen (secondary N) is 2. The van der Waals surface area contributed by atoms with E-state index in [-0.39, 0.29) is 18.4 Å². The third-order valence-corrected chi connectivity index (χ3v) is 5.80. The second-order valence-electron chi connectivity index (χ2n) is 10.6. The number of nitriles is 1. The van der Waals surface area contributed by atoms with Crippen molar-refractivity contribution in [1.29, 1.82) is 5.26 Å². The summed E-state index contributed by atoms with van der Waals surface area (Å²) in [5.41, 5.74) is 1.78. The van der Waals surface area contributed by atoms with Gasteiger partial charge in [0, 0.05) is 6.54 Å². The van der Waals surface area contributed by atoms with Crippen LogP contribution in [0.2, 0.25) is 0 Å². The second-order valence-corrected chi connectivity index (χ2v) is 10.6. The molecule has 2 N–H and O–H groups in total. The maximum Gasteiger partial charge on any atom is 0.408 e. The molecule has 2 atom stereocenters. The minimum atomic E-state index is -1.01. The van der Waals surface area contributed by atoms with Gasteiger partial charge in [-0.05, 0) is 70.1 Å². The number of rotatable bonds is 12. The van der Waals surface area contributed by atoms with Gasteiger partial charge in [-0.2, -0.15) is 5.26 Å². The average molecular weight is 501 g/mol. The predicted molar refractivity (Wildman–Crippen MR) is 141 cm³/mol. The molecule has 0 aliphatic carbocycles. The number of alkyl carbamates (subject to hydrolysis) is 1. The monoisotopic (exact) mass is 500 g/mol. The van der Waals surface area contributed by atoms with Crippen molar-refractivity contribution in [3.8, 4) is 6.07 Å². The Hall–Kier alpha value is -3.08. The van der Waals surface area contributed by atoms with Gasteiger partial charge >= 0.3 is 6.09 Å². The van der Waals surface area contributed by atoms with Crippen molar-refractivity contribution in [2.45, 2.75) is 98.8 Å². The molecule has 0 aromatic heterocycles. The molecular weight excluding hydrogens is 456 g/mol. The highest BCUT2D eigenvalue weighted by molar-refractivity contribution is 5.92. The molecule has 0 heterocycles. The van der Waals surface area contributed by atoms with Crippen LogP contribution in [0.5, 0.6) is 0 Å². The molecule has 1 aromatic carbocycles. The van der Waals surface area contributed by atoms with Crippen LogP contribution in [0.4, 0.5) is 4.79 Å². The van der Waals surface area contributed by atoms with Crippen molar-refractivity contribution < 1.29 is 19.1 Å². The summed E-state index contributed by atoms with van der Waals surface area (Å²) >= 11 is 0. The summed E-state index contributed by atoms with van der Waals surface area (Å²) in [6.45, 7) is 15.2. The van der Waals surface area contributed by atoms with Gasteiger partial charge in [0.15, 0.2) is 0 Å². The SMILES string of the molecule is CCCCCNC(=O)C(c1cccc(C)c1C)N(CC#N)C(=O)C(CC(C)C)NC(=O)OC(C)(C)C. The first-order chi connectivity index (χ1) is 16.8. The van der Waals surface area contributed by atoms with Crippen LogP contribution >= 0.6 is 0 Å². The van der Waals surface area contributed by atoms with E-state index in [0.717, 1.165) is 30.4 Å². The smallest absolute Gasteiger partial charge is 0.408 e. The molecule has 0 fully saturated rings. The van der Waals surface area contributed by atoms with Crippen molar-refractivity contribution in [3.63, 3.8) is 0 Å². The number of hydrogen-bond donors (Lipinski definition) is 2. The molecule has 0 aliphatic rings. The van der Waals surface area contributed by atoms with Gasteiger partial charge < -0.3 is 20.3 Å². The van der Waals surface area contributed by atoms with Crippen molar-refractivity contribution in [1.82, 2.24) is 15.5 Å². The summed E-state index contributed by atoms with van der Waals surface area (Å²) in [6, 6.07) is 5.69. The average Bonchev–Trinajstić information content (AvgIpc) is 2.76. The van der Waals surface area contributed by atoms with Crippen molar-refractivity contribution in [2.75, 3.05) is 13.1 Å². The Kier molecular flexibility index (Phi) is 12.4. The second kappa shape index (κ2) is 14.5. The highest BCUT2D eigenvalue weighted by Crippen LogP contribution is 2.28. The molecule has 200 valence electrons.